The van der Waals surface area contributed by atoms with Gasteiger partial charge in [-0.3, -0.25) is 4.79 Å². The monoisotopic (exact) mass is 435 g/mol. The lowest BCUT2D eigenvalue weighted by Crippen LogP contribution is -2.32. The van der Waals surface area contributed by atoms with Gasteiger partial charge in [-0.05, 0) is 29.8 Å². The highest BCUT2D eigenvalue weighted by Crippen LogP contribution is 2.22. The Kier molecular flexibility index (Phi) is 6.25. The summed E-state index contributed by atoms with van der Waals surface area (Å²) in [5.74, 6) is -1.09. The molecule has 0 aliphatic carbocycles. The minimum atomic E-state index is -3.52. The molecule has 0 radical (unpaired) electrons. The highest BCUT2D eigenvalue weighted by atomic mass is 79.9. The largest absolute Gasteiger partial charge is 0.340 e. The molecule has 1 heterocycles. The van der Waals surface area contributed by atoms with Crippen molar-refractivity contribution in [2.45, 2.75) is 12.3 Å². The van der Waals surface area contributed by atoms with Crippen LogP contribution in [-0.4, -0.2) is 32.0 Å². The molecule has 0 fully saturated rings. The predicted molar refractivity (Wildman–Crippen MR) is 97.4 cm³/mol. The zero-order chi connectivity index (χ0) is 17.0. The van der Waals surface area contributed by atoms with Crippen molar-refractivity contribution >= 4 is 54.6 Å². The van der Waals surface area contributed by atoms with Gasteiger partial charge in [-0.2, -0.15) is 0 Å². The van der Waals surface area contributed by atoms with Crippen molar-refractivity contribution in [2.75, 3.05) is 12.8 Å². The lowest BCUT2D eigenvalue weighted by Gasteiger charge is -2.16. The molecule has 1 aromatic heterocycles. The number of hydrogen-bond donors (Lipinski definition) is 0. The normalized spacial score (nSPS) is 11.4. The molecule has 1 aromatic carbocycles. The lowest BCUT2D eigenvalue weighted by atomic mass is 10.2. The summed E-state index contributed by atoms with van der Waals surface area (Å²) in [6, 6.07) is 10.6. The summed E-state index contributed by atoms with van der Waals surface area (Å²) in [4.78, 5) is 14.5. The van der Waals surface area contributed by atoms with Crippen LogP contribution in [0, 0.1) is 0 Å². The van der Waals surface area contributed by atoms with Gasteiger partial charge < -0.3 is 4.90 Å². The first-order valence-electron chi connectivity index (χ1n) is 6.68. The number of halogens is 2. The van der Waals surface area contributed by atoms with Gasteiger partial charge in [0, 0.05) is 16.4 Å². The van der Waals surface area contributed by atoms with Crippen molar-refractivity contribution in [3.63, 3.8) is 0 Å². The molecule has 0 saturated carbocycles. The maximum Gasteiger partial charge on any atom is 0.237 e. The Morgan fingerprint density at radius 2 is 2.04 bits per heavy atom. The first-order valence-corrected chi connectivity index (χ1v) is 10.5. The van der Waals surface area contributed by atoms with E-state index in [4.69, 9.17) is 11.6 Å². The Morgan fingerprint density at radius 1 is 1.30 bits per heavy atom. The van der Waals surface area contributed by atoms with Crippen LogP contribution in [0.15, 0.2) is 40.9 Å². The SMILES string of the molecule is CN(Cc1ccc(Cl)s1)C(=O)CS(=O)(=O)Cc1cccc(Br)c1. The minimum Gasteiger partial charge on any atom is -0.340 e. The molecule has 1 amide bonds. The van der Waals surface area contributed by atoms with E-state index < -0.39 is 21.5 Å². The van der Waals surface area contributed by atoms with Crippen LogP contribution in [0.2, 0.25) is 4.34 Å². The van der Waals surface area contributed by atoms with Gasteiger partial charge in [0.2, 0.25) is 5.91 Å². The van der Waals surface area contributed by atoms with E-state index in [9.17, 15) is 13.2 Å². The molecule has 0 aliphatic heterocycles. The first kappa shape index (κ1) is 18.4. The number of nitrogens with zero attached hydrogens (tertiary/aromatic N) is 1. The number of thiophene rings is 1. The summed E-state index contributed by atoms with van der Waals surface area (Å²) < 4.78 is 25.9. The van der Waals surface area contributed by atoms with E-state index in [0.717, 1.165) is 9.35 Å². The fourth-order valence-electron chi connectivity index (χ4n) is 1.99. The molecular weight excluding hydrogens is 422 g/mol. The van der Waals surface area contributed by atoms with Crippen molar-refractivity contribution in [3.05, 3.63) is 55.6 Å². The van der Waals surface area contributed by atoms with Gasteiger partial charge in [-0.1, -0.05) is 39.7 Å². The molecule has 8 heteroatoms. The molecule has 0 atom stereocenters. The van der Waals surface area contributed by atoms with E-state index >= 15 is 0 Å². The number of amides is 1. The third-order valence-corrected chi connectivity index (χ3v) is 6.24. The number of carbonyl (C=O) groups excluding carboxylic acids is 1. The third-order valence-electron chi connectivity index (χ3n) is 3.07. The molecular formula is C15H15BrClNO3S2. The zero-order valence-corrected chi connectivity index (χ0v) is 16.3. The highest BCUT2D eigenvalue weighted by Gasteiger charge is 2.20. The predicted octanol–water partition coefficient (Wildman–Crippen LogP) is 3.74. The standard InChI is InChI=1S/C15H15BrClNO3S2/c1-18(8-13-5-6-14(17)22-13)15(19)10-23(20,21)9-11-3-2-4-12(16)7-11/h2-7H,8-10H2,1H3. The second-order valence-electron chi connectivity index (χ2n) is 5.12. The van der Waals surface area contributed by atoms with Gasteiger partial charge in [-0.25, -0.2) is 8.42 Å². The molecule has 0 N–H and O–H groups in total. The van der Waals surface area contributed by atoms with Crippen molar-refractivity contribution in [2.24, 2.45) is 0 Å². The first-order chi connectivity index (χ1) is 10.7. The van der Waals surface area contributed by atoms with E-state index in [-0.39, 0.29) is 5.75 Å². The Bertz CT molecular complexity index is 805. The van der Waals surface area contributed by atoms with Crippen LogP contribution in [0.3, 0.4) is 0 Å². The van der Waals surface area contributed by atoms with E-state index in [1.165, 1.54) is 16.2 Å². The van der Waals surface area contributed by atoms with Gasteiger partial charge in [0.05, 0.1) is 16.6 Å². The second kappa shape index (κ2) is 7.79. The van der Waals surface area contributed by atoms with Crippen LogP contribution in [-0.2, 0) is 26.9 Å². The number of rotatable bonds is 6. The van der Waals surface area contributed by atoms with Gasteiger partial charge >= 0.3 is 0 Å². The topological polar surface area (TPSA) is 54.5 Å². The average Bonchev–Trinajstić information content (AvgIpc) is 2.82. The minimum absolute atomic E-state index is 0.156. The summed E-state index contributed by atoms with van der Waals surface area (Å²) in [7, 11) is -1.93. The summed E-state index contributed by atoms with van der Waals surface area (Å²) >= 11 is 10.5. The second-order valence-corrected chi connectivity index (χ2v) is 9.90. The maximum atomic E-state index is 12.2. The number of sulfone groups is 1. The molecule has 2 aromatic rings. The van der Waals surface area contributed by atoms with Gasteiger partial charge in [-0.15, -0.1) is 11.3 Å². The van der Waals surface area contributed by atoms with Crippen molar-refractivity contribution in [1.29, 1.82) is 0 Å². The molecule has 2 rings (SSSR count). The Balaban J connectivity index is 1.97. The van der Waals surface area contributed by atoms with Crippen molar-refractivity contribution in [3.8, 4) is 0 Å². The summed E-state index contributed by atoms with van der Waals surface area (Å²) in [6.45, 7) is 0.350. The summed E-state index contributed by atoms with van der Waals surface area (Å²) in [5, 5.41) is 0. The van der Waals surface area contributed by atoms with Gasteiger partial charge in [0.15, 0.2) is 9.84 Å². The highest BCUT2D eigenvalue weighted by molar-refractivity contribution is 9.10. The Hall–Kier alpha value is -0.890. The summed E-state index contributed by atoms with van der Waals surface area (Å²) in [5.41, 5.74) is 0.653. The third kappa shape index (κ3) is 5.91. The molecule has 0 saturated heterocycles. The van der Waals surface area contributed by atoms with Crippen LogP contribution in [0.25, 0.3) is 0 Å². The van der Waals surface area contributed by atoms with Crippen LogP contribution >= 0.6 is 38.9 Å². The number of carbonyl (C=O) groups is 1. The molecule has 0 spiro atoms. The van der Waals surface area contributed by atoms with E-state index in [2.05, 4.69) is 15.9 Å². The molecule has 0 bridgehead atoms. The Labute approximate surface area is 153 Å². The van der Waals surface area contributed by atoms with Crippen molar-refractivity contribution < 1.29 is 13.2 Å². The van der Waals surface area contributed by atoms with E-state index in [0.29, 0.717) is 16.4 Å². The maximum absolute atomic E-state index is 12.2. The van der Waals surface area contributed by atoms with E-state index in [1.807, 2.05) is 12.1 Å². The lowest BCUT2D eigenvalue weighted by molar-refractivity contribution is -0.127. The molecule has 0 unspecified atom stereocenters. The molecule has 4 nitrogen and oxygen atoms in total. The Morgan fingerprint density at radius 3 is 2.65 bits per heavy atom. The molecule has 23 heavy (non-hydrogen) atoms. The zero-order valence-electron chi connectivity index (χ0n) is 12.3. The van der Waals surface area contributed by atoms with Crippen LogP contribution in [0.4, 0.5) is 0 Å². The van der Waals surface area contributed by atoms with Gasteiger partial charge in [0.25, 0.3) is 0 Å². The smallest absolute Gasteiger partial charge is 0.237 e. The van der Waals surface area contributed by atoms with Crippen molar-refractivity contribution in [1.82, 2.24) is 4.90 Å². The van der Waals surface area contributed by atoms with Crippen LogP contribution in [0.1, 0.15) is 10.4 Å². The fraction of sp³-hybridized carbons (Fsp3) is 0.267. The summed E-state index contributed by atoms with van der Waals surface area (Å²) in [6.07, 6.45) is 0. The van der Waals surface area contributed by atoms with Crippen LogP contribution < -0.4 is 0 Å². The number of benzene rings is 1. The molecule has 124 valence electrons. The fourth-order valence-corrected chi connectivity index (χ4v) is 4.96. The average molecular weight is 437 g/mol. The number of hydrogen-bond acceptors (Lipinski definition) is 4. The molecule has 0 aliphatic rings. The van der Waals surface area contributed by atoms with Crippen LogP contribution in [0.5, 0.6) is 0 Å². The quantitative estimate of drug-likeness (QED) is 0.693. The van der Waals surface area contributed by atoms with Gasteiger partial charge in [0.1, 0.15) is 5.75 Å². The van der Waals surface area contributed by atoms with E-state index in [1.54, 1.807) is 31.3 Å².